The van der Waals surface area contributed by atoms with E-state index in [1.54, 1.807) is 0 Å². The fraction of sp³-hybridized carbons (Fsp3) is 0.250. The molecule has 1 unspecified atom stereocenters. The Hall–Kier alpha value is -3.14. The van der Waals surface area contributed by atoms with Crippen molar-refractivity contribution >= 4 is 32.8 Å². The molecule has 0 bridgehead atoms. The van der Waals surface area contributed by atoms with Crippen molar-refractivity contribution in [1.82, 2.24) is 25.3 Å². The van der Waals surface area contributed by atoms with Gasteiger partial charge in [-0.2, -0.15) is 0 Å². The predicted molar refractivity (Wildman–Crippen MR) is 131 cm³/mol. The van der Waals surface area contributed by atoms with Crippen molar-refractivity contribution in [3.63, 3.8) is 0 Å². The van der Waals surface area contributed by atoms with Crippen molar-refractivity contribution in [1.29, 1.82) is 0 Å². The van der Waals surface area contributed by atoms with E-state index in [1.807, 2.05) is 49.5 Å². The number of anilines is 1. The number of halogens is 1. The molecule has 0 amide bonds. The van der Waals surface area contributed by atoms with Gasteiger partial charge in [-0.15, -0.1) is 0 Å². The van der Waals surface area contributed by atoms with Gasteiger partial charge in [-0.05, 0) is 48.9 Å². The van der Waals surface area contributed by atoms with Crippen molar-refractivity contribution in [2.45, 2.75) is 13.0 Å². The average molecular weight is 507 g/mol. The fourth-order valence-corrected chi connectivity index (χ4v) is 4.38. The number of hydrogen-bond acceptors (Lipinski definition) is 8. The van der Waals surface area contributed by atoms with Crippen LogP contribution in [-0.4, -0.2) is 46.2 Å². The molecule has 1 atom stereocenters. The van der Waals surface area contributed by atoms with Crippen LogP contribution < -0.4 is 15.8 Å². The molecular formula is C24H23BrN6O2. The molecule has 9 heteroatoms. The lowest BCUT2D eigenvalue weighted by Crippen LogP contribution is -2.33. The Morgan fingerprint density at radius 1 is 1.15 bits per heavy atom. The third-order valence-electron chi connectivity index (χ3n) is 5.51. The summed E-state index contributed by atoms with van der Waals surface area (Å²) in [5.41, 5.74) is 11.1. The van der Waals surface area contributed by atoms with E-state index in [0.717, 1.165) is 51.4 Å². The summed E-state index contributed by atoms with van der Waals surface area (Å²) in [6.07, 6.45) is 3.21. The van der Waals surface area contributed by atoms with Gasteiger partial charge in [-0.1, -0.05) is 15.9 Å². The number of benzene rings is 1. The number of fused-ring (bicyclic) bond motifs is 1. The van der Waals surface area contributed by atoms with Gasteiger partial charge in [0.2, 0.25) is 0 Å². The largest absolute Gasteiger partial charge is 0.494 e. The molecule has 3 N–H and O–H groups in total. The first-order chi connectivity index (χ1) is 16.1. The van der Waals surface area contributed by atoms with E-state index in [4.69, 9.17) is 20.2 Å². The third-order valence-corrected chi connectivity index (χ3v) is 6.20. The van der Waals surface area contributed by atoms with E-state index < -0.39 is 0 Å². The summed E-state index contributed by atoms with van der Waals surface area (Å²) in [5.74, 6) is 1.14. The average Bonchev–Trinajstić information content (AvgIpc) is 2.85. The number of aromatic nitrogens is 4. The zero-order valence-electron chi connectivity index (χ0n) is 18.1. The van der Waals surface area contributed by atoms with Gasteiger partial charge in [-0.3, -0.25) is 4.98 Å². The highest BCUT2D eigenvalue weighted by molar-refractivity contribution is 9.10. The SMILES string of the molecule is CCOc1ccc(Br)c(-c2cc(-c3ccc(C4CNCCO4)nc3)nc3ncnc(N)c23)c1. The predicted octanol–water partition coefficient (Wildman–Crippen LogP) is 4.16. The standard InChI is InChI=1S/C24H23BrN6O2/c1-2-32-15-4-5-18(25)16(9-15)17-10-20(31-24-22(17)23(26)29-13-30-24)14-3-6-19(28-11-14)21-12-27-7-8-33-21/h3-6,9-11,13,21,27H,2,7-8,12H2,1H3,(H2,26,29,30,31). The van der Waals surface area contributed by atoms with Gasteiger partial charge in [0.05, 0.1) is 30.0 Å². The van der Waals surface area contributed by atoms with Crippen LogP contribution in [0, 0.1) is 0 Å². The highest BCUT2D eigenvalue weighted by Crippen LogP contribution is 2.39. The van der Waals surface area contributed by atoms with Crippen molar-refractivity contribution in [2.24, 2.45) is 0 Å². The van der Waals surface area contributed by atoms with Gasteiger partial charge in [0, 0.05) is 34.9 Å². The lowest BCUT2D eigenvalue weighted by atomic mass is 9.99. The number of nitrogens with zero attached hydrogens (tertiary/aromatic N) is 4. The van der Waals surface area contributed by atoms with Crippen LogP contribution in [0.2, 0.25) is 0 Å². The van der Waals surface area contributed by atoms with E-state index in [0.29, 0.717) is 30.1 Å². The first-order valence-corrected chi connectivity index (χ1v) is 11.6. The molecule has 4 heterocycles. The van der Waals surface area contributed by atoms with Crippen LogP contribution in [0.5, 0.6) is 5.75 Å². The topological polar surface area (TPSA) is 108 Å². The van der Waals surface area contributed by atoms with Crippen molar-refractivity contribution in [3.05, 3.63) is 59.1 Å². The van der Waals surface area contributed by atoms with Gasteiger partial charge in [-0.25, -0.2) is 15.0 Å². The molecule has 0 spiro atoms. The molecule has 0 radical (unpaired) electrons. The van der Waals surface area contributed by atoms with Gasteiger partial charge in [0.1, 0.15) is 24.0 Å². The molecule has 1 fully saturated rings. The first-order valence-electron chi connectivity index (χ1n) is 10.8. The number of morpholine rings is 1. The minimum Gasteiger partial charge on any atom is -0.494 e. The van der Waals surface area contributed by atoms with Crippen LogP contribution in [-0.2, 0) is 4.74 Å². The molecule has 1 aliphatic rings. The summed E-state index contributed by atoms with van der Waals surface area (Å²) in [7, 11) is 0. The Morgan fingerprint density at radius 3 is 2.82 bits per heavy atom. The number of pyridine rings is 2. The summed E-state index contributed by atoms with van der Waals surface area (Å²) in [4.78, 5) is 18.0. The number of nitrogens with two attached hydrogens (primary N) is 1. The minimum atomic E-state index is -0.0438. The highest BCUT2D eigenvalue weighted by Gasteiger charge is 2.19. The van der Waals surface area contributed by atoms with Gasteiger partial charge in [0.25, 0.3) is 0 Å². The molecule has 168 valence electrons. The lowest BCUT2D eigenvalue weighted by molar-refractivity contribution is 0.0250. The fourth-order valence-electron chi connectivity index (χ4n) is 3.92. The molecular weight excluding hydrogens is 484 g/mol. The Morgan fingerprint density at radius 2 is 2.06 bits per heavy atom. The van der Waals surface area contributed by atoms with Crippen LogP contribution in [0.25, 0.3) is 33.4 Å². The highest BCUT2D eigenvalue weighted by atomic mass is 79.9. The van der Waals surface area contributed by atoms with Crippen molar-refractivity contribution in [3.8, 4) is 28.1 Å². The van der Waals surface area contributed by atoms with Gasteiger partial charge in [0.15, 0.2) is 5.65 Å². The Balaban J connectivity index is 1.63. The van der Waals surface area contributed by atoms with E-state index in [-0.39, 0.29) is 6.10 Å². The van der Waals surface area contributed by atoms with Crippen LogP contribution in [0.1, 0.15) is 18.7 Å². The zero-order chi connectivity index (χ0) is 22.8. The monoisotopic (exact) mass is 506 g/mol. The maximum absolute atomic E-state index is 6.26. The van der Waals surface area contributed by atoms with Gasteiger partial charge >= 0.3 is 0 Å². The van der Waals surface area contributed by atoms with E-state index >= 15 is 0 Å². The number of hydrogen-bond donors (Lipinski definition) is 2. The second-order valence-electron chi connectivity index (χ2n) is 7.62. The summed E-state index contributed by atoms with van der Waals surface area (Å²) >= 11 is 3.67. The van der Waals surface area contributed by atoms with E-state index in [1.165, 1.54) is 6.33 Å². The molecule has 0 aliphatic carbocycles. The Bertz CT molecular complexity index is 1290. The number of nitrogens with one attached hydrogen (secondary N) is 1. The quantitative estimate of drug-likeness (QED) is 0.415. The van der Waals surface area contributed by atoms with Crippen LogP contribution in [0.15, 0.2) is 53.4 Å². The van der Waals surface area contributed by atoms with Crippen molar-refractivity contribution in [2.75, 3.05) is 32.0 Å². The summed E-state index contributed by atoms with van der Waals surface area (Å²) < 4.78 is 12.4. The minimum absolute atomic E-state index is 0.0438. The Labute approximate surface area is 199 Å². The summed E-state index contributed by atoms with van der Waals surface area (Å²) in [6, 6.07) is 11.8. The molecule has 5 rings (SSSR count). The van der Waals surface area contributed by atoms with Crippen molar-refractivity contribution < 1.29 is 9.47 Å². The van der Waals surface area contributed by atoms with Crippen LogP contribution >= 0.6 is 15.9 Å². The smallest absolute Gasteiger partial charge is 0.165 e. The molecule has 33 heavy (non-hydrogen) atoms. The normalized spacial score (nSPS) is 16.1. The summed E-state index contributed by atoms with van der Waals surface area (Å²) in [6.45, 7) is 4.83. The van der Waals surface area contributed by atoms with Gasteiger partial charge < -0.3 is 20.5 Å². The molecule has 3 aromatic heterocycles. The van der Waals surface area contributed by atoms with Crippen LogP contribution in [0.3, 0.4) is 0 Å². The number of rotatable bonds is 5. The summed E-state index contributed by atoms with van der Waals surface area (Å²) in [5, 5.41) is 4.03. The number of ether oxygens (including phenoxy) is 2. The second kappa shape index (κ2) is 9.38. The molecule has 4 aromatic rings. The molecule has 1 aliphatic heterocycles. The maximum Gasteiger partial charge on any atom is 0.165 e. The maximum atomic E-state index is 6.26. The molecule has 1 aromatic carbocycles. The Kier molecular flexibility index (Phi) is 6.17. The molecule has 8 nitrogen and oxygen atoms in total. The molecule has 0 saturated carbocycles. The van der Waals surface area contributed by atoms with E-state index in [9.17, 15) is 0 Å². The molecule has 1 saturated heterocycles. The first kappa shape index (κ1) is 21.7. The number of nitrogen functional groups attached to an aromatic ring is 1. The van der Waals surface area contributed by atoms with Crippen LogP contribution in [0.4, 0.5) is 5.82 Å². The zero-order valence-corrected chi connectivity index (χ0v) is 19.7. The third kappa shape index (κ3) is 4.39. The van der Waals surface area contributed by atoms with E-state index in [2.05, 4.69) is 36.2 Å². The lowest BCUT2D eigenvalue weighted by Gasteiger charge is -2.23. The second-order valence-corrected chi connectivity index (χ2v) is 8.48.